The molecule has 0 radical (unpaired) electrons. The summed E-state index contributed by atoms with van der Waals surface area (Å²) in [4.78, 5) is 27.5. The lowest BCUT2D eigenvalue weighted by molar-refractivity contribution is -0.185. The molecule has 2 fully saturated rings. The Morgan fingerprint density at radius 3 is 2.30 bits per heavy atom. The van der Waals surface area contributed by atoms with Crippen molar-refractivity contribution in [1.82, 2.24) is 9.55 Å². The van der Waals surface area contributed by atoms with Crippen LogP contribution in [0.25, 0.3) is 0 Å². The van der Waals surface area contributed by atoms with Crippen LogP contribution in [0.3, 0.4) is 0 Å². The molecule has 1 aliphatic heterocycles. The van der Waals surface area contributed by atoms with Gasteiger partial charge in [0.05, 0.1) is 18.5 Å². The molecule has 222 valence electrons. The minimum absolute atomic E-state index is 0.0917. The van der Waals surface area contributed by atoms with E-state index in [2.05, 4.69) is 38.8 Å². The summed E-state index contributed by atoms with van der Waals surface area (Å²) in [6, 6.07) is 9.54. The number of benzene rings is 1. The molecular weight excluding hydrogens is 552 g/mol. The smallest absolute Gasteiger partial charge is 0.330 e. The Hall–Kier alpha value is -2.09. The molecule has 40 heavy (non-hydrogen) atoms. The number of aromatic amines is 1. The van der Waals surface area contributed by atoms with Crippen molar-refractivity contribution in [2.75, 3.05) is 6.26 Å². The van der Waals surface area contributed by atoms with Crippen molar-refractivity contribution in [3.63, 3.8) is 0 Å². The average Bonchev–Trinajstić information content (AvgIpc) is 3.55. The Bertz CT molecular complexity index is 1440. The normalized spacial score (nSPS) is 26.6. The first-order valence-electron chi connectivity index (χ1n) is 13.7. The molecular formula is C28H42N2O8SSi. The molecule has 4 rings (SSSR count). The highest BCUT2D eigenvalue weighted by atomic mass is 32.2. The summed E-state index contributed by atoms with van der Waals surface area (Å²) in [5.74, 6) is 0. The first-order valence-corrected chi connectivity index (χ1v) is 18.4. The number of H-pyrrole nitrogens is 1. The van der Waals surface area contributed by atoms with Crippen LogP contribution in [0.5, 0.6) is 0 Å². The molecule has 2 heterocycles. The Morgan fingerprint density at radius 2 is 1.77 bits per heavy atom. The molecule has 12 heteroatoms. The number of nitrogens with one attached hydrogen (secondary N) is 1. The summed E-state index contributed by atoms with van der Waals surface area (Å²) in [6.07, 6.45) is 0.804. The van der Waals surface area contributed by atoms with Gasteiger partial charge in [0, 0.05) is 11.8 Å². The van der Waals surface area contributed by atoms with Gasteiger partial charge >= 0.3 is 5.69 Å². The lowest BCUT2D eigenvalue weighted by Gasteiger charge is -2.47. The maximum absolute atomic E-state index is 13.1. The molecule has 0 bridgehead atoms. The number of aromatic nitrogens is 2. The number of rotatable bonds is 10. The van der Waals surface area contributed by atoms with E-state index in [-0.39, 0.29) is 17.2 Å². The second-order valence-electron chi connectivity index (χ2n) is 12.6. The Morgan fingerprint density at radius 1 is 1.15 bits per heavy atom. The predicted octanol–water partition coefficient (Wildman–Crippen LogP) is 4.01. The quantitative estimate of drug-likeness (QED) is 0.323. The van der Waals surface area contributed by atoms with E-state index in [1.807, 2.05) is 37.3 Å². The van der Waals surface area contributed by atoms with Gasteiger partial charge in [-0.2, -0.15) is 8.42 Å². The van der Waals surface area contributed by atoms with Gasteiger partial charge < -0.3 is 13.9 Å². The molecule has 1 aliphatic carbocycles. The van der Waals surface area contributed by atoms with Crippen molar-refractivity contribution < 1.29 is 26.5 Å². The fourth-order valence-corrected chi connectivity index (χ4v) is 7.64. The van der Waals surface area contributed by atoms with Crippen LogP contribution in [0.2, 0.25) is 18.1 Å². The van der Waals surface area contributed by atoms with Gasteiger partial charge in [0.25, 0.3) is 15.7 Å². The minimum atomic E-state index is -4.02. The van der Waals surface area contributed by atoms with Crippen LogP contribution in [-0.4, -0.2) is 56.0 Å². The zero-order valence-corrected chi connectivity index (χ0v) is 26.5. The van der Waals surface area contributed by atoms with Crippen LogP contribution in [-0.2, 0) is 34.8 Å². The zero-order chi connectivity index (χ0) is 29.7. The molecule has 2 aromatic rings. The highest BCUT2D eigenvalue weighted by Crippen LogP contribution is 2.61. The van der Waals surface area contributed by atoms with E-state index in [1.54, 1.807) is 6.92 Å². The van der Waals surface area contributed by atoms with Gasteiger partial charge in [-0.25, -0.2) is 4.79 Å². The van der Waals surface area contributed by atoms with E-state index in [4.69, 9.17) is 18.1 Å². The average molecular weight is 595 g/mol. The van der Waals surface area contributed by atoms with E-state index in [0.717, 1.165) is 11.8 Å². The van der Waals surface area contributed by atoms with Crippen LogP contribution in [0, 0.1) is 6.92 Å². The van der Waals surface area contributed by atoms with Crippen molar-refractivity contribution in [2.45, 2.75) is 108 Å². The van der Waals surface area contributed by atoms with E-state index < -0.39 is 59.3 Å². The van der Waals surface area contributed by atoms with Crippen LogP contribution in [0.4, 0.5) is 0 Å². The SMILES string of the molecule is CC[C@@]1(C2(O[Si](C)(C)C(C)(C)C)CC2)O[C@@H](n2cc(C)c(=O)[nH]c2=O)[C@@H](OS(C)(=O)=O)C1OCc1ccccc1. The molecule has 1 unspecified atom stereocenters. The lowest BCUT2D eigenvalue weighted by atomic mass is 9.84. The van der Waals surface area contributed by atoms with E-state index in [9.17, 15) is 18.0 Å². The van der Waals surface area contributed by atoms with Gasteiger partial charge in [-0.15, -0.1) is 0 Å². The Kier molecular flexibility index (Phi) is 8.20. The Labute approximate surface area is 237 Å². The first-order chi connectivity index (χ1) is 18.5. The summed E-state index contributed by atoms with van der Waals surface area (Å²) >= 11 is 0. The zero-order valence-electron chi connectivity index (χ0n) is 24.6. The molecule has 2 aliphatic rings. The second kappa shape index (κ2) is 10.6. The van der Waals surface area contributed by atoms with E-state index in [1.165, 1.54) is 10.8 Å². The largest absolute Gasteiger partial charge is 0.408 e. The number of hydrogen-bond donors (Lipinski definition) is 1. The topological polar surface area (TPSA) is 126 Å². The molecule has 4 atom stereocenters. The van der Waals surface area contributed by atoms with Gasteiger partial charge in [0.1, 0.15) is 11.7 Å². The third-order valence-electron chi connectivity index (χ3n) is 8.61. The Balaban J connectivity index is 1.89. The summed E-state index contributed by atoms with van der Waals surface area (Å²) in [6.45, 7) is 14.5. The molecule has 1 aromatic heterocycles. The lowest BCUT2D eigenvalue weighted by Crippen LogP contribution is -2.60. The summed E-state index contributed by atoms with van der Waals surface area (Å²) in [7, 11) is -6.35. The van der Waals surface area contributed by atoms with Crippen molar-refractivity contribution >= 4 is 18.4 Å². The van der Waals surface area contributed by atoms with Crippen molar-refractivity contribution in [3.8, 4) is 0 Å². The molecule has 1 saturated carbocycles. The monoisotopic (exact) mass is 594 g/mol. The van der Waals surface area contributed by atoms with Crippen LogP contribution in [0.15, 0.2) is 46.1 Å². The molecule has 1 aromatic carbocycles. The number of ether oxygens (including phenoxy) is 2. The molecule has 10 nitrogen and oxygen atoms in total. The fraction of sp³-hybridized carbons (Fsp3) is 0.643. The van der Waals surface area contributed by atoms with Gasteiger partial charge in [-0.1, -0.05) is 58.0 Å². The fourth-order valence-electron chi connectivity index (χ4n) is 5.38. The summed E-state index contributed by atoms with van der Waals surface area (Å²) < 4.78 is 52.6. The molecule has 1 saturated heterocycles. The maximum Gasteiger partial charge on any atom is 0.330 e. The van der Waals surface area contributed by atoms with E-state index in [0.29, 0.717) is 19.3 Å². The molecule has 0 spiro atoms. The van der Waals surface area contributed by atoms with Gasteiger partial charge in [-0.05, 0) is 49.9 Å². The summed E-state index contributed by atoms with van der Waals surface area (Å²) in [5.41, 5.74) is -2.00. The molecule has 0 amide bonds. The van der Waals surface area contributed by atoms with E-state index >= 15 is 0 Å². The van der Waals surface area contributed by atoms with Gasteiger partial charge in [0.15, 0.2) is 20.6 Å². The third-order valence-corrected chi connectivity index (χ3v) is 13.7. The maximum atomic E-state index is 13.1. The van der Waals surface area contributed by atoms with Gasteiger partial charge in [-0.3, -0.25) is 18.5 Å². The number of nitrogens with zero attached hydrogens (tertiary/aromatic N) is 1. The number of hydrogen-bond acceptors (Lipinski definition) is 8. The first kappa shape index (κ1) is 30.9. The highest BCUT2D eigenvalue weighted by Gasteiger charge is 2.73. The van der Waals surface area contributed by atoms with Crippen LogP contribution >= 0.6 is 0 Å². The van der Waals surface area contributed by atoms with Crippen molar-refractivity contribution in [1.29, 1.82) is 0 Å². The predicted molar refractivity (Wildman–Crippen MR) is 154 cm³/mol. The third kappa shape index (κ3) is 5.79. The van der Waals surface area contributed by atoms with Crippen molar-refractivity contribution in [2.24, 2.45) is 0 Å². The standard InChI is InChI=1S/C28H42N2O8SSi/c1-9-28(27(15-16-27)38-40(7,8)26(3,4)5)22(35-18-20-13-11-10-12-14-20)21(37-39(6,33)34)24(36-28)30-17-19(2)23(31)29-25(30)32/h10-14,17,21-22,24H,9,15-16,18H2,1-8H3,(H,29,31,32)/t21-,22?,24+,28+/m0/s1. The number of aryl methyl sites for hydroxylation is 1. The highest BCUT2D eigenvalue weighted by molar-refractivity contribution is 7.86. The van der Waals surface area contributed by atoms with Crippen molar-refractivity contribution in [3.05, 3.63) is 68.5 Å². The van der Waals surface area contributed by atoms with Crippen LogP contribution < -0.4 is 11.2 Å². The second-order valence-corrected chi connectivity index (χ2v) is 18.9. The van der Waals surface area contributed by atoms with Crippen LogP contribution in [0.1, 0.15) is 64.3 Å². The van der Waals surface area contributed by atoms with Gasteiger partial charge in [0.2, 0.25) is 0 Å². The minimum Gasteiger partial charge on any atom is -0.408 e. The molecule has 1 N–H and O–H groups in total. The summed E-state index contributed by atoms with van der Waals surface area (Å²) in [5, 5.41) is -0.0917.